The zero-order chi connectivity index (χ0) is 10.9. The van der Waals surface area contributed by atoms with Gasteiger partial charge in [-0.1, -0.05) is 13.0 Å². The summed E-state index contributed by atoms with van der Waals surface area (Å²) >= 11 is 1.89. The molecule has 0 fully saturated rings. The van der Waals surface area contributed by atoms with Crippen LogP contribution in [0.4, 0.5) is 0 Å². The van der Waals surface area contributed by atoms with Crippen LogP contribution in [-0.2, 0) is 0 Å². The summed E-state index contributed by atoms with van der Waals surface area (Å²) in [7, 11) is 0. The predicted octanol–water partition coefficient (Wildman–Crippen LogP) is 3.24. The lowest BCUT2D eigenvalue weighted by Gasteiger charge is -2.13. The number of thioether (sulfide) groups is 1. The molecule has 0 aliphatic heterocycles. The molecule has 0 bridgehead atoms. The van der Waals surface area contributed by atoms with Gasteiger partial charge in [0, 0.05) is 18.1 Å². The number of furan rings is 1. The molecule has 84 valence electrons. The maximum absolute atomic E-state index is 5.38. The Labute approximate surface area is 96.1 Å². The Kier molecular flexibility index (Phi) is 6.28. The van der Waals surface area contributed by atoms with Gasteiger partial charge in [-0.05, 0) is 18.6 Å². The molecule has 3 heteroatoms. The summed E-state index contributed by atoms with van der Waals surface area (Å²) in [5.74, 6) is 3.17. The third-order valence-corrected chi connectivity index (χ3v) is 3.13. The minimum atomic E-state index is 0.351. The maximum Gasteiger partial charge on any atom is 0.120 e. The van der Waals surface area contributed by atoms with Gasteiger partial charge in [0.2, 0.25) is 0 Å². The fourth-order valence-electron chi connectivity index (χ4n) is 1.41. The van der Waals surface area contributed by atoms with Gasteiger partial charge in [-0.25, -0.2) is 0 Å². The lowest BCUT2D eigenvalue weighted by molar-refractivity contribution is 0.411. The first kappa shape index (κ1) is 12.4. The van der Waals surface area contributed by atoms with Crippen LogP contribution in [0.1, 0.15) is 25.1 Å². The Morgan fingerprint density at radius 2 is 2.53 bits per heavy atom. The Bertz CT molecular complexity index is 259. The monoisotopic (exact) mass is 225 g/mol. The minimum absolute atomic E-state index is 0.351. The summed E-state index contributed by atoms with van der Waals surface area (Å²) in [6.07, 6.45) is 4.72. The van der Waals surface area contributed by atoms with E-state index < -0.39 is 0 Å². The van der Waals surface area contributed by atoms with Gasteiger partial charge in [0.25, 0.3) is 0 Å². The number of hydrogen-bond acceptors (Lipinski definition) is 3. The molecule has 0 aliphatic carbocycles. The first-order chi connectivity index (χ1) is 7.38. The Morgan fingerprint density at radius 1 is 1.67 bits per heavy atom. The van der Waals surface area contributed by atoms with E-state index in [-0.39, 0.29) is 0 Å². The largest absolute Gasteiger partial charge is 0.468 e. The quantitative estimate of drug-likeness (QED) is 0.543. The third-order valence-electron chi connectivity index (χ3n) is 2.17. The molecule has 0 aliphatic rings. The molecule has 0 saturated heterocycles. The van der Waals surface area contributed by atoms with Crippen LogP contribution >= 0.6 is 11.8 Å². The zero-order valence-electron chi connectivity index (χ0n) is 9.24. The molecule has 2 nitrogen and oxygen atoms in total. The Balaban J connectivity index is 2.20. The minimum Gasteiger partial charge on any atom is -0.468 e. The fourth-order valence-corrected chi connectivity index (χ4v) is 2.00. The molecule has 1 N–H and O–H groups in total. The van der Waals surface area contributed by atoms with E-state index in [1.165, 1.54) is 0 Å². The van der Waals surface area contributed by atoms with E-state index in [0.29, 0.717) is 6.04 Å². The number of rotatable bonds is 8. The van der Waals surface area contributed by atoms with Gasteiger partial charge in [-0.15, -0.1) is 6.58 Å². The van der Waals surface area contributed by atoms with E-state index in [9.17, 15) is 0 Å². The van der Waals surface area contributed by atoms with Crippen molar-refractivity contribution in [3.63, 3.8) is 0 Å². The highest BCUT2D eigenvalue weighted by molar-refractivity contribution is 7.99. The topological polar surface area (TPSA) is 25.2 Å². The summed E-state index contributed by atoms with van der Waals surface area (Å²) in [6.45, 7) is 6.87. The van der Waals surface area contributed by atoms with Crippen LogP contribution in [0.3, 0.4) is 0 Å². The molecule has 0 radical (unpaired) electrons. The molecule has 15 heavy (non-hydrogen) atoms. The van der Waals surface area contributed by atoms with E-state index in [0.717, 1.165) is 30.2 Å². The van der Waals surface area contributed by atoms with E-state index in [1.54, 1.807) is 6.26 Å². The van der Waals surface area contributed by atoms with E-state index in [2.05, 4.69) is 18.8 Å². The standard InChI is InChI=1S/C12H19NOS/c1-3-9-15-10-7-13-11(4-2)12-6-5-8-14-12/h3,5-6,8,11,13H,1,4,7,9-10H2,2H3. The molecule has 1 aromatic rings. The van der Waals surface area contributed by atoms with Crippen molar-refractivity contribution in [3.05, 3.63) is 36.8 Å². The van der Waals surface area contributed by atoms with Crippen molar-refractivity contribution in [3.8, 4) is 0 Å². The predicted molar refractivity (Wildman–Crippen MR) is 67.3 cm³/mol. The molecule has 0 aromatic carbocycles. The van der Waals surface area contributed by atoms with Crippen LogP contribution in [0.2, 0.25) is 0 Å². The first-order valence-corrected chi connectivity index (χ1v) is 6.49. The average Bonchev–Trinajstić information content (AvgIpc) is 2.77. The SMILES string of the molecule is C=CCSCCNC(CC)c1ccco1. The van der Waals surface area contributed by atoms with Gasteiger partial charge in [0.1, 0.15) is 5.76 Å². The maximum atomic E-state index is 5.38. The highest BCUT2D eigenvalue weighted by Crippen LogP contribution is 2.16. The molecule has 0 saturated carbocycles. The van der Waals surface area contributed by atoms with Crippen LogP contribution in [0.5, 0.6) is 0 Å². The molecule has 0 amide bonds. The summed E-state index contributed by atoms with van der Waals surface area (Å²) in [5, 5.41) is 3.48. The summed E-state index contributed by atoms with van der Waals surface area (Å²) in [5.41, 5.74) is 0. The second-order valence-corrected chi connectivity index (χ2v) is 4.44. The van der Waals surface area contributed by atoms with Crippen molar-refractivity contribution in [1.82, 2.24) is 5.32 Å². The second kappa shape index (κ2) is 7.60. The molecule has 1 unspecified atom stereocenters. The molecule has 1 heterocycles. The third kappa shape index (κ3) is 4.58. The van der Waals surface area contributed by atoms with Crippen LogP contribution in [0, 0.1) is 0 Å². The molecule has 1 atom stereocenters. The van der Waals surface area contributed by atoms with Gasteiger partial charge in [0.15, 0.2) is 0 Å². The van der Waals surface area contributed by atoms with E-state index >= 15 is 0 Å². The average molecular weight is 225 g/mol. The van der Waals surface area contributed by atoms with Crippen molar-refractivity contribution in [1.29, 1.82) is 0 Å². The first-order valence-electron chi connectivity index (χ1n) is 5.34. The Morgan fingerprint density at radius 3 is 3.13 bits per heavy atom. The van der Waals surface area contributed by atoms with Crippen molar-refractivity contribution in [2.45, 2.75) is 19.4 Å². The van der Waals surface area contributed by atoms with Crippen molar-refractivity contribution in [2.24, 2.45) is 0 Å². The highest BCUT2D eigenvalue weighted by Gasteiger charge is 2.09. The normalized spacial score (nSPS) is 12.6. The van der Waals surface area contributed by atoms with Gasteiger partial charge in [-0.2, -0.15) is 11.8 Å². The summed E-state index contributed by atoms with van der Waals surface area (Å²) in [4.78, 5) is 0. The van der Waals surface area contributed by atoms with Crippen LogP contribution in [-0.4, -0.2) is 18.1 Å². The zero-order valence-corrected chi connectivity index (χ0v) is 10.1. The van der Waals surface area contributed by atoms with Gasteiger partial charge < -0.3 is 9.73 Å². The van der Waals surface area contributed by atoms with E-state index in [1.807, 2.05) is 30.0 Å². The number of hydrogen-bond donors (Lipinski definition) is 1. The summed E-state index contributed by atoms with van der Waals surface area (Å²) < 4.78 is 5.38. The summed E-state index contributed by atoms with van der Waals surface area (Å²) in [6, 6.07) is 4.31. The van der Waals surface area contributed by atoms with Gasteiger partial charge in [-0.3, -0.25) is 0 Å². The van der Waals surface area contributed by atoms with E-state index in [4.69, 9.17) is 4.42 Å². The van der Waals surface area contributed by atoms with Gasteiger partial charge in [0.05, 0.1) is 12.3 Å². The lowest BCUT2D eigenvalue weighted by atomic mass is 10.2. The fraction of sp³-hybridized carbons (Fsp3) is 0.500. The molecule has 1 rings (SSSR count). The van der Waals surface area contributed by atoms with Crippen molar-refractivity contribution in [2.75, 3.05) is 18.1 Å². The smallest absolute Gasteiger partial charge is 0.120 e. The van der Waals surface area contributed by atoms with Gasteiger partial charge >= 0.3 is 0 Å². The van der Waals surface area contributed by atoms with Crippen LogP contribution in [0.15, 0.2) is 35.5 Å². The van der Waals surface area contributed by atoms with Crippen LogP contribution < -0.4 is 5.32 Å². The van der Waals surface area contributed by atoms with Crippen LogP contribution in [0.25, 0.3) is 0 Å². The second-order valence-electron chi connectivity index (χ2n) is 3.29. The van der Waals surface area contributed by atoms with Crippen molar-refractivity contribution < 1.29 is 4.42 Å². The van der Waals surface area contributed by atoms with Crippen molar-refractivity contribution >= 4 is 11.8 Å². The molecule has 0 spiro atoms. The lowest BCUT2D eigenvalue weighted by Crippen LogP contribution is -2.22. The number of nitrogens with one attached hydrogen (secondary N) is 1. The molecular formula is C12H19NOS. The molecular weight excluding hydrogens is 206 g/mol. The molecule has 1 aromatic heterocycles. The highest BCUT2D eigenvalue weighted by atomic mass is 32.2. The Hall–Kier alpha value is -0.670.